The second kappa shape index (κ2) is 7.78. The van der Waals surface area contributed by atoms with Gasteiger partial charge in [0.1, 0.15) is 12.0 Å². The highest BCUT2D eigenvalue weighted by Crippen LogP contribution is 2.21. The molecule has 6 heteroatoms. The Balaban J connectivity index is 1.86. The second-order valence-electron chi connectivity index (χ2n) is 5.65. The zero-order valence-corrected chi connectivity index (χ0v) is 13.5. The van der Waals surface area contributed by atoms with Gasteiger partial charge in [-0.15, -0.1) is 0 Å². The first-order chi connectivity index (χ1) is 11.0. The molecular weight excluding hydrogens is 294 g/mol. The van der Waals surface area contributed by atoms with Gasteiger partial charge in [0.2, 0.25) is 5.89 Å². The number of benzene rings is 1. The maximum Gasteiger partial charge on any atom is 0.273 e. The number of aromatic nitrogens is 1. The van der Waals surface area contributed by atoms with E-state index in [2.05, 4.69) is 10.3 Å². The van der Waals surface area contributed by atoms with Crippen LogP contribution in [-0.4, -0.2) is 22.5 Å². The van der Waals surface area contributed by atoms with Gasteiger partial charge >= 0.3 is 0 Å². The number of carbonyl (C=O) groups is 1. The van der Waals surface area contributed by atoms with Crippen molar-refractivity contribution in [2.24, 2.45) is 11.7 Å². The van der Waals surface area contributed by atoms with E-state index in [1.807, 2.05) is 26.0 Å². The van der Waals surface area contributed by atoms with Crippen LogP contribution in [0.1, 0.15) is 48.3 Å². The number of oxazole rings is 1. The van der Waals surface area contributed by atoms with Gasteiger partial charge < -0.3 is 20.6 Å². The standard InChI is InChI=1S/C17H23N3O3/c1-3-11(2)15(18)17-20-14(10-23-17)16(22)19-9-8-12-4-6-13(21)7-5-12/h4-7,10-11,15,21H,3,8-9,18H2,1-2H3,(H,19,22). The molecule has 1 aromatic carbocycles. The maximum absolute atomic E-state index is 12.0. The number of amides is 1. The Labute approximate surface area is 135 Å². The van der Waals surface area contributed by atoms with Gasteiger partial charge in [-0.3, -0.25) is 4.79 Å². The summed E-state index contributed by atoms with van der Waals surface area (Å²) in [6.45, 7) is 4.54. The smallest absolute Gasteiger partial charge is 0.273 e. The van der Waals surface area contributed by atoms with Crippen molar-refractivity contribution in [2.45, 2.75) is 32.7 Å². The van der Waals surface area contributed by atoms with Gasteiger partial charge in [-0.2, -0.15) is 0 Å². The van der Waals surface area contributed by atoms with Crippen molar-refractivity contribution in [1.29, 1.82) is 0 Å². The van der Waals surface area contributed by atoms with E-state index in [0.29, 0.717) is 18.9 Å². The summed E-state index contributed by atoms with van der Waals surface area (Å²) in [5.41, 5.74) is 7.31. The van der Waals surface area contributed by atoms with Gasteiger partial charge in [-0.1, -0.05) is 32.4 Å². The minimum atomic E-state index is -0.307. The first kappa shape index (κ1) is 17.0. The molecule has 124 valence electrons. The third-order valence-corrected chi connectivity index (χ3v) is 3.93. The number of carbonyl (C=O) groups excluding carboxylic acids is 1. The molecule has 1 heterocycles. The summed E-state index contributed by atoms with van der Waals surface area (Å²) in [5, 5.41) is 12.0. The Morgan fingerprint density at radius 3 is 2.74 bits per heavy atom. The summed E-state index contributed by atoms with van der Waals surface area (Å²) in [6, 6.07) is 6.58. The molecule has 1 amide bonds. The van der Waals surface area contributed by atoms with Crippen molar-refractivity contribution in [3.63, 3.8) is 0 Å². The fourth-order valence-electron chi connectivity index (χ4n) is 2.12. The predicted octanol–water partition coefficient (Wildman–Crippen LogP) is 2.40. The van der Waals surface area contributed by atoms with Crippen LogP contribution in [0.4, 0.5) is 0 Å². The van der Waals surface area contributed by atoms with E-state index in [1.54, 1.807) is 12.1 Å². The number of hydrogen-bond acceptors (Lipinski definition) is 5. The van der Waals surface area contributed by atoms with Crippen LogP contribution in [0.25, 0.3) is 0 Å². The molecule has 23 heavy (non-hydrogen) atoms. The number of phenolic OH excluding ortho intramolecular Hbond substituents is 1. The number of aromatic hydroxyl groups is 1. The number of nitrogens with one attached hydrogen (secondary N) is 1. The van der Waals surface area contributed by atoms with E-state index in [9.17, 15) is 9.90 Å². The zero-order valence-electron chi connectivity index (χ0n) is 13.5. The summed E-state index contributed by atoms with van der Waals surface area (Å²) in [6.07, 6.45) is 2.92. The highest BCUT2D eigenvalue weighted by molar-refractivity contribution is 5.91. The zero-order chi connectivity index (χ0) is 16.8. The minimum absolute atomic E-state index is 0.227. The highest BCUT2D eigenvalue weighted by Gasteiger charge is 2.20. The Morgan fingerprint density at radius 1 is 1.39 bits per heavy atom. The van der Waals surface area contributed by atoms with Crippen molar-refractivity contribution in [1.82, 2.24) is 10.3 Å². The Bertz CT molecular complexity index is 637. The number of phenols is 1. The molecule has 6 nitrogen and oxygen atoms in total. The maximum atomic E-state index is 12.0. The molecule has 0 saturated heterocycles. The van der Waals surface area contributed by atoms with Crippen LogP contribution >= 0.6 is 0 Å². The SMILES string of the molecule is CCC(C)C(N)c1nc(C(=O)NCCc2ccc(O)cc2)co1. The summed E-state index contributed by atoms with van der Waals surface area (Å²) >= 11 is 0. The molecule has 1 aromatic heterocycles. The number of nitrogens with two attached hydrogens (primary N) is 1. The molecule has 2 unspecified atom stereocenters. The molecule has 4 N–H and O–H groups in total. The van der Waals surface area contributed by atoms with Crippen LogP contribution in [0.3, 0.4) is 0 Å². The van der Waals surface area contributed by atoms with Crippen LogP contribution in [0, 0.1) is 5.92 Å². The summed E-state index contributed by atoms with van der Waals surface area (Å²) in [5.74, 6) is 0.572. The lowest BCUT2D eigenvalue weighted by molar-refractivity contribution is 0.0949. The first-order valence-corrected chi connectivity index (χ1v) is 7.78. The third-order valence-electron chi connectivity index (χ3n) is 3.93. The molecular formula is C17H23N3O3. The molecule has 0 aliphatic heterocycles. The predicted molar refractivity (Wildman–Crippen MR) is 87.0 cm³/mol. The van der Waals surface area contributed by atoms with Crippen LogP contribution < -0.4 is 11.1 Å². The molecule has 0 saturated carbocycles. The Morgan fingerprint density at radius 2 is 2.09 bits per heavy atom. The summed E-state index contributed by atoms with van der Waals surface area (Å²) in [4.78, 5) is 16.2. The second-order valence-corrected chi connectivity index (χ2v) is 5.65. The molecule has 0 aliphatic carbocycles. The van der Waals surface area contributed by atoms with E-state index in [-0.39, 0.29) is 29.3 Å². The van der Waals surface area contributed by atoms with E-state index >= 15 is 0 Å². The number of rotatable bonds is 7. The lowest BCUT2D eigenvalue weighted by Crippen LogP contribution is -2.26. The average molecular weight is 317 g/mol. The van der Waals surface area contributed by atoms with Gasteiger partial charge in [0.25, 0.3) is 5.91 Å². The highest BCUT2D eigenvalue weighted by atomic mass is 16.3. The van der Waals surface area contributed by atoms with Crippen molar-refractivity contribution in [2.75, 3.05) is 6.54 Å². The Hall–Kier alpha value is -2.34. The topological polar surface area (TPSA) is 101 Å². The average Bonchev–Trinajstić information content (AvgIpc) is 3.05. The van der Waals surface area contributed by atoms with Crippen molar-refractivity contribution in [3.05, 3.63) is 47.7 Å². The van der Waals surface area contributed by atoms with Gasteiger partial charge in [-0.05, 0) is 30.0 Å². The lowest BCUT2D eigenvalue weighted by Gasteiger charge is -2.13. The number of nitrogens with zero attached hydrogens (tertiary/aromatic N) is 1. The monoisotopic (exact) mass is 317 g/mol. The molecule has 0 aliphatic rings. The molecule has 0 bridgehead atoms. The lowest BCUT2D eigenvalue weighted by atomic mass is 10.0. The fraction of sp³-hybridized carbons (Fsp3) is 0.412. The fourth-order valence-corrected chi connectivity index (χ4v) is 2.12. The van der Waals surface area contributed by atoms with Gasteiger partial charge in [0.15, 0.2) is 5.69 Å². The van der Waals surface area contributed by atoms with Crippen LogP contribution in [-0.2, 0) is 6.42 Å². The molecule has 0 fully saturated rings. The van der Waals surface area contributed by atoms with E-state index in [4.69, 9.17) is 10.2 Å². The minimum Gasteiger partial charge on any atom is -0.508 e. The summed E-state index contributed by atoms with van der Waals surface area (Å²) in [7, 11) is 0. The van der Waals surface area contributed by atoms with Gasteiger partial charge in [-0.25, -0.2) is 4.98 Å². The largest absolute Gasteiger partial charge is 0.508 e. The van der Waals surface area contributed by atoms with Gasteiger partial charge in [0.05, 0.1) is 6.04 Å². The van der Waals surface area contributed by atoms with E-state index < -0.39 is 0 Å². The quantitative estimate of drug-likeness (QED) is 0.728. The molecule has 0 spiro atoms. The molecule has 0 radical (unpaired) electrons. The molecule has 2 atom stereocenters. The summed E-state index contributed by atoms with van der Waals surface area (Å²) < 4.78 is 5.32. The van der Waals surface area contributed by atoms with Crippen LogP contribution in [0.15, 0.2) is 34.9 Å². The van der Waals surface area contributed by atoms with Crippen molar-refractivity contribution < 1.29 is 14.3 Å². The normalized spacial score (nSPS) is 13.5. The molecule has 2 aromatic rings. The number of hydrogen-bond donors (Lipinski definition) is 3. The van der Waals surface area contributed by atoms with Crippen LogP contribution in [0.2, 0.25) is 0 Å². The van der Waals surface area contributed by atoms with E-state index in [1.165, 1.54) is 6.26 Å². The Kier molecular flexibility index (Phi) is 5.76. The van der Waals surface area contributed by atoms with Crippen molar-refractivity contribution >= 4 is 5.91 Å². The van der Waals surface area contributed by atoms with Crippen molar-refractivity contribution in [3.8, 4) is 5.75 Å². The van der Waals surface area contributed by atoms with Gasteiger partial charge in [0, 0.05) is 6.54 Å². The first-order valence-electron chi connectivity index (χ1n) is 7.78. The van der Waals surface area contributed by atoms with E-state index in [0.717, 1.165) is 12.0 Å². The molecule has 2 rings (SSSR count). The third kappa shape index (κ3) is 4.56. The van der Waals surface area contributed by atoms with Crippen LogP contribution in [0.5, 0.6) is 5.75 Å².